The predicted molar refractivity (Wildman–Crippen MR) is 73.7 cm³/mol. The minimum absolute atomic E-state index is 0.117. The third-order valence-corrected chi connectivity index (χ3v) is 5.13. The lowest BCUT2D eigenvalue weighted by Gasteiger charge is -2.26. The Morgan fingerprint density at radius 1 is 1.42 bits per heavy atom. The summed E-state index contributed by atoms with van der Waals surface area (Å²) in [5, 5.41) is 7.82. The van der Waals surface area contributed by atoms with Gasteiger partial charge in [0, 0.05) is 23.1 Å². The average Bonchev–Trinajstić information content (AvgIpc) is 2.81. The molecule has 5 nitrogen and oxygen atoms in total. The molecule has 7 heteroatoms. The Bertz CT molecular complexity index is 566. The molecule has 1 saturated carbocycles. The lowest BCUT2D eigenvalue weighted by Crippen LogP contribution is -2.20. The zero-order valence-electron chi connectivity index (χ0n) is 11.6. The molecule has 19 heavy (non-hydrogen) atoms. The number of rotatable bonds is 4. The molecule has 0 amide bonds. The van der Waals surface area contributed by atoms with Gasteiger partial charge in [0.2, 0.25) is 0 Å². The Kier molecular flexibility index (Phi) is 3.93. The van der Waals surface area contributed by atoms with Gasteiger partial charge in [0.15, 0.2) is 0 Å². The fourth-order valence-electron chi connectivity index (χ4n) is 2.98. The topological polar surface area (TPSA) is 64.8 Å². The van der Waals surface area contributed by atoms with E-state index >= 15 is 0 Å². The third kappa shape index (κ3) is 2.79. The van der Waals surface area contributed by atoms with Gasteiger partial charge in [0.05, 0.1) is 0 Å². The molecule has 2 rings (SSSR count). The lowest BCUT2D eigenvalue weighted by atomic mass is 9.81. The molecule has 1 aromatic heterocycles. The summed E-state index contributed by atoms with van der Waals surface area (Å²) in [6.45, 7) is 6.97. The average molecular weight is 306 g/mol. The van der Waals surface area contributed by atoms with E-state index in [0.717, 1.165) is 31.5 Å². The first kappa shape index (κ1) is 14.8. The molecule has 0 saturated heterocycles. The van der Waals surface area contributed by atoms with Gasteiger partial charge in [0.25, 0.3) is 14.2 Å². The van der Waals surface area contributed by atoms with Gasteiger partial charge in [-0.3, -0.25) is 0 Å². The van der Waals surface area contributed by atoms with Crippen molar-refractivity contribution in [2.45, 2.75) is 64.1 Å². The summed E-state index contributed by atoms with van der Waals surface area (Å²) < 4.78 is 24.8. The highest BCUT2D eigenvalue weighted by atomic mass is 35.7. The van der Waals surface area contributed by atoms with Gasteiger partial charge in [-0.05, 0) is 24.7 Å². The number of aromatic nitrogens is 3. The van der Waals surface area contributed by atoms with Crippen molar-refractivity contribution in [3.8, 4) is 0 Å². The van der Waals surface area contributed by atoms with E-state index in [1.165, 1.54) is 0 Å². The number of hydrogen-bond acceptors (Lipinski definition) is 4. The Labute approximate surface area is 118 Å². The number of hydrogen-bond donors (Lipinski definition) is 0. The van der Waals surface area contributed by atoms with Gasteiger partial charge >= 0.3 is 0 Å². The van der Waals surface area contributed by atoms with Crippen molar-refractivity contribution in [3.05, 3.63) is 5.82 Å². The molecule has 108 valence electrons. The van der Waals surface area contributed by atoms with Crippen molar-refractivity contribution >= 4 is 19.7 Å². The Morgan fingerprint density at radius 2 is 2.11 bits per heavy atom. The molecule has 1 heterocycles. The summed E-state index contributed by atoms with van der Waals surface area (Å²) >= 11 is 0. The molecule has 1 unspecified atom stereocenters. The second kappa shape index (κ2) is 5.05. The predicted octanol–water partition coefficient (Wildman–Crippen LogP) is 2.91. The second-order valence-electron chi connectivity index (χ2n) is 5.86. The Morgan fingerprint density at radius 3 is 2.58 bits per heavy atom. The van der Waals surface area contributed by atoms with Crippen molar-refractivity contribution in [2.24, 2.45) is 5.41 Å². The first-order chi connectivity index (χ1) is 8.77. The normalized spacial score (nSPS) is 22.8. The molecular formula is C12H20ClN3O2S. The zero-order chi connectivity index (χ0) is 14.3. The molecule has 1 atom stereocenters. The molecule has 0 bridgehead atoms. The maximum absolute atomic E-state index is 11.6. The molecule has 1 aliphatic rings. The monoisotopic (exact) mass is 305 g/mol. The van der Waals surface area contributed by atoms with Crippen molar-refractivity contribution in [2.75, 3.05) is 0 Å². The quantitative estimate of drug-likeness (QED) is 0.802. The standard InChI is InChI=1S/C12H20ClN3O2S/c1-4-8-16-10(9-6-5-7-12(9,2)3)14-15-11(16)19(13,17)18/h9H,4-8H2,1-3H3. The molecular weight excluding hydrogens is 286 g/mol. The van der Waals surface area contributed by atoms with Gasteiger partial charge in [-0.25, -0.2) is 8.42 Å². The van der Waals surface area contributed by atoms with Crippen molar-refractivity contribution < 1.29 is 8.42 Å². The zero-order valence-corrected chi connectivity index (χ0v) is 13.1. The molecule has 0 spiro atoms. The van der Waals surface area contributed by atoms with Gasteiger partial charge in [-0.1, -0.05) is 27.2 Å². The molecule has 0 aromatic carbocycles. The fourth-order valence-corrected chi connectivity index (χ4v) is 3.91. The van der Waals surface area contributed by atoms with E-state index in [1.54, 1.807) is 4.57 Å². The summed E-state index contributed by atoms with van der Waals surface area (Å²) in [6.07, 6.45) is 4.11. The van der Waals surface area contributed by atoms with E-state index in [1.807, 2.05) is 6.92 Å². The number of nitrogens with zero attached hydrogens (tertiary/aromatic N) is 3. The van der Waals surface area contributed by atoms with E-state index in [4.69, 9.17) is 10.7 Å². The molecule has 1 aliphatic carbocycles. The largest absolute Gasteiger partial charge is 0.301 e. The summed E-state index contributed by atoms with van der Waals surface area (Å²) in [6, 6.07) is 0. The van der Waals surface area contributed by atoms with Crippen LogP contribution in [0.3, 0.4) is 0 Å². The third-order valence-electron chi connectivity index (χ3n) is 3.98. The molecule has 1 aromatic rings. The smallest absolute Gasteiger partial charge is 0.296 e. The van der Waals surface area contributed by atoms with E-state index in [9.17, 15) is 8.42 Å². The highest BCUT2D eigenvalue weighted by molar-refractivity contribution is 8.13. The van der Waals surface area contributed by atoms with Crippen LogP contribution < -0.4 is 0 Å². The van der Waals surface area contributed by atoms with E-state index < -0.39 is 9.05 Å². The molecule has 0 N–H and O–H groups in total. The van der Waals surface area contributed by atoms with Crippen molar-refractivity contribution in [1.82, 2.24) is 14.8 Å². The van der Waals surface area contributed by atoms with Gasteiger partial charge in [0.1, 0.15) is 5.82 Å². The van der Waals surface area contributed by atoms with Crippen LogP contribution in [0.1, 0.15) is 58.2 Å². The lowest BCUT2D eigenvalue weighted by molar-refractivity contribution is 0.312. The summed E-state index contributed by atoms with van der Waals surface area (Å²) in [4.78, 5) is 0. The van der Waals surface area contributed by atoms with Gasteiger partial charge < -0.3 is 4.57 Å². The number of halogens is 1. The van der Waals surface area contributed by atoms with E-state index in [2.05, 4.69) is 24.0 Å². The maximum atomic E-state index is 11.6. The minimum atomic E-state index is -3.84. The van der Waals surface area contributed by atoms with Crippen LogP contribution in [0, 0.1) is 5.41 Å². The van der Waals surface area contributed by atoms with Crippen LogP contribution in [0.5, 0.6) is 0 Å². The first-order valence-corrected chi connectivity index (χ1v) is 8.96. The Hall–Kier alpha value is -0.620. The molecule has 0 aliphatic heterocycles. The van der Waals surface area contributed by atoms with Gasteiger partial charge in [-0.15, -0.1) is 10.2 Å². The van der Waals surface area contributed by atoms with Crippen LogP contribution in [0.4, 0.5) is 0 Å². The summed E-state index contributed by atoms with van der Waals surface area (Å²) in [5.41, 5.74) is 0.131. The molecule has 1 fully saturated rings. The van der Waals surface area contributed by atoms with E-state index in [0.29, 0.717) is 6.54 Å². The highest BCUT2D eigenvalue weighted by Gasteiger charge is 2.39. The van der Waals surface area contributed by atoms with Crippen LogP contribution in [0.15, 0.2) is 5.16 Å². The SMILES string of the molecule is CCCn1c(C2CCCC2(C)C)nnc1S(=O)(=O)Cl. The minimum Gasteiger partial charge on any atom is -0.301 e. The van der Waals surface area contributed by atoms with Crippen LogP contribution in [-0.4, -0.2) is 23.2 Å². The second-order valence-corrected chi connectivity index (χ2v) is 8.32. The van der Waals surface area contributed by atoms with E-state index in [-0.39, 0.29) is 16.5 Å². The van der Waals surface area contributed by atoms with Crippen LogP contribution in [0.25, 0.3) is 0 Å². The van der Waals surface area contributed by atoms with Crippen LogP contribution in [-0.2, 0) is 15.6 Å². The molecule has 0 radical (unpaired) electrons. The Balaban J connectivity index is 2.50. The highest BCUT2D eigenvalue weighted by Crippen LogP contribution is 2.48. The van der Waals surface area contributed by atoms with Crippen molar-refractivity contribution in [3.63, 3.8) is 0 Å². The van der Waals surface area contributed by atoms with Crippen LogP contribution in [0.2, 0.25) is 0 Å². The summed E-state index contributed by atoms with van der Waals surface area (Å²) in [5.74, 6) is 1.02. The first-order valence-electron chi connectivity index (χ1n) is 6.65. The fraction of sp³-hybridized carbons (Fsp3) is 0.833. The van der Waals surface area contributed by atoms with Crippen molar-refractivity contribution in [1.29, 1.82) is 0 Å². The van der Waals surface area contributed by atoms with Gasteiger partial charge in [-0.2, -0.15) is 0 Å². The van der Waals surface area contributed by atoms with Crippen LogP contribution >= 0.6 is 10.7 Å². The maximum Gasteiger partial charge on any atom is 0.296 e. The summed E-state index contributed by atoms with van der Waals surface area (Å²) in [7, 11) is 1.60.